The van der Waals surface area contributed by atoms with Gasteiger partial charge < -0.3 is 15.8 Å². The second-order valence-electron chi connectivity index (χ2n) is 4.95. The molecule has 2 aromatic carbocycles. The third-order valence-electron chi connectivity index (χ3n) is 3.35. The summed E-state index contributed by atoms with van der Waals surface area (Å²) >= 11 is 3.31. The molecule has 120 valence electrons. The summed E-state index contributed by atoms with van der Waals surface area (Å²) in [6.07, 6.45) is 0.263. The molecule has 0 radical (unpaired) electrons. The highest BCUT2D eigenvalue weighted by Gasteiger charge is 2.21. The highest BCUT2D eigenvalue weighted by Crippen LogP contribution is 2.19. The predicted octanol–water partition coefficient (Wildman–Crippen LogP) is 2.28. The summed E-state index contributed by atoms with van der Waals surface area (Å²) in [6, 6.07) is 13.4. The average Bonchev–Trinajstić information content (AvgIpc) is 2.54. The summed E-state index contributed by atoms with van der Waals surface area (Å²) in [5, 5.41) is 2.67. The number of carbonyl (C=O) groups is 2. The van der Waals surface area contributed by atoms with Gasteiger partial charge in [-0.25, -0.2) is 0 Å². The van der Waals surface area contributed by atoms with Gasteiger partial charge in [-0.2, -0.15) is 0 Å². The Kier molecular flexibility index (Phi) is 5.76. The molecule has 0 aliphatic rings. The van der Waals surface area contributed by atoms with Gasteiger partial charge in [0.15, 0.2) is 0 Å². The van der Waals surface area contributed by atoms with E-state index < -0.39 is 11.9 Å². The van der Waals surface area contributed by atoms with Crippen molar-refractivity contribution in [3.63, 3.8) is 0 Å². The van der Waals surface area contributed by atoms with E-state index in [-0.39, 0.29) is 12.3 Å². The zero-order valence-corrected chi connectivity index (χ0v) is 14.2. The van der Waals surface area contributed by atoms with Gasteiger partial charge in [0.25, 0.3) is 5.91 Å². The van der Waals surface area contributed by atoms with Crippen molar-refractivity contribution in [1.82, 2.24) is 5.32 Å². The maximum atomic E-state index is 12.3. The minimum absolute atomic E-state index is 0.263. The Balaban J connectivity index is 2.16. The van der Waals surface area contributed by atoms with E-state index in [0.29, 0.717) is 11.3 Å². The largest absolute Gasteiger partial charge is 0.496 e. The molecule has 1 atom stereocenters. The van der Waals surface area contributed by atoms with Gasteiger partial charge in [0, 0.05) is 16.5 Å². The van der Waals surface area contributed by atoms with Crippen LogP contribution in [0.15, 0.2) is 53.0 Å². The quantitative estimate of drug-likeness (QED) is 0.811. The molecule has 2 rings (SSSR count). The average molecular weight is 377 g/mol. The second-order valence-corrected chi connectivity index (χ2v) is 5.87. The minimum Gasteiger partial charge on any atom is -0.496 e. The van der Waals surface area contributed by atoms with E-state index in [9.17, 15) is 9.59 Å². The van der Waals surface area contributed by atoms with Crippen LogP contribution in [-0.4, -0.2) is 25.0 Å². The van der Waals surface area contributed by atoms with Gasteiger partial charge in [-0.15, -0.1) is 0 Å². The summed E-state index contributed by atoms with van der Waals surface area (Å²) in [6.45, 7) is 0. The highest BCUT2D eigenvalue weighted by molar-refractivity contribution is 9.10. The Hall–Kier alpha value is -2.34. The van der Waals surface area contributed by atoms with Crippen LogP contribution >= 0.6 is 15.9 Å². The molecule has 2 amide bonds. The van der Waals surface area contributed by atoms with E-state index in [1.54, 1.807) is 31.4 Å². The summed E-state index contributed by atoms with van der Waals surface area (Å²) in [5.74, 6) is -0.306. The Morgan fingerprint density at radius 3 is 2.61 bits per heavy atom. The van der Waals surface area contributed by atoms with E-state index in [2.05, 4.69) is 21.2 Å². The highest BCUT2D eigenvalue weighted by atomic mass is 79.9. The van der Waals surface area contributed by atoms with Crippen LogP contribution in [0.3, 0.4) is 0 Å². The van der Waals surface area contributed by atoms with Crippen LogP contribution in [0.1, 0.15) is 15.9 Å². The van der Waals surface area contributed by atoms with Crippen LogP contribution in [0.5, 0.6) is 5.75 Å². The van der Waals surface area contributed by atoms with Crippen molar-refractivity contribution >= 4 is 27.7 Å². The fourth-order valence-electron chi connectivity index (χ4n) is 2.19. The van der Waals surface area contributed by atoms with Crippen LogP contribution in [0.4, 0.5) is 0 Å². The zero-order valence-electron chi connectivity index (χ0n) is 12.6. The van der Waals surface area contributed by atoms with Gasteiger partial charge in [0.2, 0.25) is 5.91 Å². The number of benzene rings is 2. The van der Waals surface area contributed by atoms with Crippen molar-refractivity contribution in [3.05, 3.63) is 64.1 Å². The molecule has 0 spiro atoms. The van der Waals surface area contributed by atoms with Crippen molar-refractivity contribution < 1.29 is 14.3 Å². The molecule has 0 aliphatic heterocycles. The zero-order chi connectivity index (χ0) is 16.8. The van der Waals surface area contributed by atoms with E-state index >= 15 is 0 Å². The minimum atomic E-state index is -0.821. The van der Waals surface area contributed by atoms with Gasteiger partial charge in [0.05, 0.1) is 7.11 Å². The van der Waals surface area contributed by atoms with Crippen LogP contribution in [0.2, 0.25) is 0 Å². The summed E-state index contributed by atoms with van der Waals surface area (Å²) in [5.41, 5.74) is 6.68. The molecule has 0 fully saturated rings. The lowest BCUT2D eigenvalue weighted by Crippen LogP contribution is -2.45. The number of amides is 2. The standard InChI is InChI=1S/C17H17BrN2O3/c1-23-15-8-3-2-5-11(15)10-14(16(19)21)20-17(22)12-6-4-7-13(18)9-12/h2-9,14H,10H2,1H3,(H2,19,21)(H,20,22)/t14-/m0/s1. The topological polar surface area (TPSA) is 81.4 Å². The fraction of sp³-hybridized carbons (Fsp3) is 0.176. The Labute approximate surface area is 143 Å². The van der Waals surface area contributed by atoms with Gasteiger partial charge >= 0.3 is 0 Å². The van der Waals surface area contributed by atoms with Gasteiger partial charge in [0.1, 0.15) is 11.8 Å². The van der Waals surface area contributed by atoms with E-state index in [1.165, 1.54) is 0 Å². The SMILES string of the molecule is COc1ccccc1C[C@H](NC(=O)c1cccc(Br)c1)C(N)=O. The summed E-state index contributed by atoms with van der Waals surface area (Å²) < 4.78 is 6.04. The Morgan fingerprint density at radius 1 is 1.22 bits per heavy atom. The number of ether oxygens (including phenoxy) is 1. The van der Waals surface area contributed by atoms with Crippen LogP contribution in [0.25, 0.3) is 0 Å². The number of methoxy groups -OCH3 is 1. The molecule has 0 saturated heterocycles. The number of carbonyl (C=O) groups excluding carboxylic acids is 2. The van der Waals surface area contributed by atoms with Crippen molar-refractivity contribution in [2.24, 2.45) is 5.73 Å². The van der Waals surface area contributed by atoms with Gasteiger partial charge in [-0.05, 0) is 29.8 Å². The molecule has 6 heteroatoms. The number of halogens is 1. The Bertz CT molecular complexity index is 718. The molecule has 0 aliphatic carbocycles. The molecule has 0 saturated carbocycles. The summed E-state index contributed by atoms with van der Waals surface area (Å²) in [4.78, 5) is 24.0. The molecule has 0 aromatic heterocycles. The van der Waals surface area contributed by atoms with Crippen LogP contribution < -0.4 is 15.8 Å². The molecule has 5 nitrogen and oxygen atoms in total. The first-order chi connectivity index (χ1) is 11.0. The smallest absolute Gasteiger partial charge is 0.251 e. The summed E-state index contributed by atoms with van der Waals surface area (Å²) in [7, 11) is 1.55. The third kappa shape index (κ3) is 4.56. The lowest BCUT2D eigenvalue weighted by Gasteiger charge is -2.17. The number of para-hydroxylation sites is 1. The lowest BCUT2D eigenvalue weighted by atomic mass is 10.0. The van der Waals surface area contributed by atoms with E-state index in [1.807, 2.05) is 24.3 Å². The first kappa shape index (κ1) is 17.0. The Morgan fingerprint density at radius 2 is 1.96 bits per heavy atom. The molecular formula is C17H17BrN2O3. The predicted molar refractivity (Wildman–Crippen MR) is 91.3 cm³/mol. The molecule has 0 unspecified atom stereocenters. The molecule has 23 heavy (non-hydrogen) atoms. The normalized spacial score (nSPS) is 11.6. The fourth-order valence-corrected chi connectivity index (χ4v) is 2.58. The van der Waals surface area contributed by atoms with Crippen molar-refractivity contribution in [2.45, 2.75) is 12.5 Å². The number of rotatable bonds is 6. The maximum Gasteiger partial charge on any atom is 0.251 e. The third-order valence-corrected chi connectivity index (χ3v) is 3.85. The second kappa shape index (κ2) is 7.78. The number of primary amides is 1. The number of nitrogens with two attached hydrogens (primary N) is 1. The monoisotopic (exact) mass is 376 g/mol. The molecule has 0 heterocycles. The number of nitrogens with one attached hydrogen (secondary N) is 1. The molecule has 3 N–H and O–H groups in total. The first-order valence-corrected chi connectivity index (χ1v) is 7.78. The maximum absolute atomic E-state index is 12.3. The van der Waals surface area contributed by atoms with Crippen molar-refractivity contribution in [3.8, 4) is 5.75 Å². The number of hydrogen-bond donors (Lipinski definition) is 2. The molecular weight excluding hydrogens is 360 g/mol. The molecule has 2 aromatic rings. The van der Waals surface area contributed by atoms with Crippen LogP contribution in [-0.2, 0) is 11.2 Å². The van der Waals surface area contributed by atoms with Crippen molar-refractivity contribution in [1.29, 1.82) is 0 Å². The van der Waals surface area contributed by atoms with Gasteiger partial charge in [-0.3, -0.25) is 9.59 Å². The van der Waals surface area contributed by atoms with E-state index in [4.69, 9.17) is 10.5 Å². The van der Waals surface area contributed by atoms with Crippen molar-refractivity contribution in [2.75, 3.05) is 7.11 Å². The van der Waals surface area contributed by atoms with Gasteiger partial charge in [-0.1, -0.05) is 40.2 Å². The number of hydrogen-bond acceptors (Lipinski definition) is 3. The molecule has 0 bridgehead atoms. The first-order valence-electron chi connectivity index (χ1n) is 6.99. The van der Waals surface area contributed by atoms with E-state index in [0.717, 1.165) is 10.0 Å². The van der Waals surface area contributed by atoms with Crippen LogP contribution in [0, 0.1) is 0 Å². The lowest BCUT2D eigenvalue weighted by molar-refractivity contribution is -0.119.